The Morgan fingerprint density at radius 2 is 2.39 bits per heavy atom. The van der Waals surface area contributed by atoms with Crippen molar-refractivity contribution in [2.24, 2.45) is 0 Å². The summed E-state index contributed by atoms with van der Waals surface area (Å²) < 4.78 is 5.73. The Balaban J connectivity index is 1.95. The summed E-state index contributed by atoms with van der Waals surface area (Å²) in [7, 11) is 0. The number of aromatic amines is 1. The molecule has 4 N–H and O–H groups in total. The number of nitrogens with one attached hydrogen (secondary N) is 2. The molecular weight excluding hydrogens is 230 g/mol. The van der Waals surface area contributed by atoms with Gasteiger partial charge in [-0.25, -0.2) is 4.98 Å². The zero-order valence-corrected chi connectivity index (χ0v) is 9.89. The molecule has 0 spiro atoms. The van der Waals surface area contributed by atoms with E-state index in [-0.39, 0.29) is 6.10 Å². The van der Waals surface area contributed by atoms with E-state index in [0.717, 1.165) is 29.9 Å². The molecule has 6 nitrogen and oxygen atoms in total. The van der Waals surface area contributed by atoms with E-state index in [9.17, 15) is 0 Å². The summed E-state index contributed by atoms with van der Waals surface area (Å²) in [6.07, 6.45) is 3.49. The normalized spacial score (nSPS) is 19.9. The molecule has 3 rings (SSSR count). The molecule has 1 atom stereocenters. The van der Waals surface area contributed by atoms with Crippen molar-refractivity contribution in [1.82, 2.24) is 20.5 Å². The number of H-pyrrole nitrogens is 1. The van der Waals surface area contributed by atoms with Crippen molar-refractivity contribution in [3.63, 3.8) is 0 Å². The van der Waals surface area contributed by atoms with Crippen molar-refractivity contribution in [2.45, 2.75) is 6.10 Å². The summed E-state index contributed by atoms with van der Waals surface area (Å²) in [6.45, 7) is 2.39. The number of hydrogen-bond acceptors (Lipinski definition) is 5. The molecule has 1 aliphatic heterocycles. The molecule has 0 aliphatic carbocycles. The quantitative estimate of drug-likeness (QED) is 0.725. The molecule has 2 aromatic heterocycles. The van der Waals surface area contributed by atoms with Gasteiger partial charge in [0.2, 0.25) is 0 Å². The van der Waals surface area contributed by atoms with Gasteiger partial charge in [-0.15, -0.1) is 0 Å². The summed E-state index contributed by atoms with van der Waals surface area (Å²) in [6, 6.07) is 3.76. The van der Waals surface area contributed by atoms with Crippen molar-refractivity contribution >= 4 is 5.82 Å². The molecule has 0 bridgehead atoms. The SMILES string of the molecule is Nc1cc(-c2cn[nH]c2C2CNCCO2)ccn1. The van der Waals surface area contributed by atoms with E-state index < -0.39 is 0 Å². The number of morpholine rings is 1. The number of aromatic nitrogens is 3. The maximum atomic E-state index is 5.73. The van der Waals surface area contributed by atoms with E-state index in [1.165, 1.54) is 0 Å². The third kappa shape index (κ3) is 2.07. The van der Waals surface area contributed by atoms with Crippen LogP contribution in [-0.2, 0) is 4.74 Å². The first kappa shape index (κ1) is 11.2. The molecule has 0 radical (unpaired) electrons. The highest BCUT2D eigenvalue weighted by atomic mass is 16.5. The summed E-state index contributed by atoms with van der Waals surface area (Å²) in [5.41, 5.74) is 8.70. The van der Waals surface area contributed by atoms with Gasteiger partial charge in [0, 0.05) is 24.8 Å². The van der Waals surface area contributed by atoms with Gasteiger partial charge in [-0.1, -0.05) is 0 Å². The van der Waals surface area contributed by atoms with Gasteiger partial charge >= 0.3 is 0 Å². The van der Waals surface area contributed by atoms with Gasteiger partial charge in [0.25, 0.3) is 0 Å². The van der Waals surface area contributed by atoms with Crippen LogP contribution in [0.5, 0.6) is 0 Å². The fourth-order valence-electron chi connectivity index (χ4n) is 2.14. The second kappa shape index (κ2) is 4.75. The largest absolute Gasteiger partial charge is 0.384 e. The van der Waals surface area contributed by atoms with Crippen LogP contribution in [0.4, 0.5) is 5.82 Å². The number of anilines is 1. The van der Waals surface area contributed by atoms with Crippen LogP contribution in [0.2, 0.25) is 0 Å². The predicted octanol–water partition coefficient (Wildman–Crippen LogP) is 0.715. The monoisotopic (exact) mass is 245 g/mol. The highest BCUT2D eigenvalue weighted by Gasteiger charge is 2.21. The van der Waals surface area contributed by atoms with Crippen LogP contribution in [0.3, 0.4) is 0 Å². The van der Waals surface area contributed by atoms with Gasteiger partial charge in [-0.2, -0.15) is 5.10 Å². The van der Waals surface area contributed by atoms with Crippen molar-refractivity contribution < 1.29 is 4.74 Å². The van der Waals surface area contributed by atoms with Crippen LogP contribution >= 0.6 is 0 Å². The minimum atomic E-state index is 0.00522. The highest BCUT2D eigenvalue weighted by molar-refractivity contribution is 5.67. The van der Waals surface area contributed by atoms with Gasteiger partial charge in [-0.05, 0) is 17.7 Å². The Morgan fingerprint density at radius 3 is 3.17 bits per heavy atom. The second-order valence-electron chi connectivity index (χ2n) is 4.23. The molecule has 3 heterocycles. The predicted molar refractivity (Wildman–Crippen MR) is 67.8 cm³/mol. The fourth-order valence-corrected chi connectivity index (χ4v) is 2.14. The van der Waals surface area contributed by atoms with E-state index in [4.69, 9.17) is 10.5 Å². The maximum Gasteiger partial charge on any atom is 0.123 e. The molecule has 18 heavy (non-hydrogen) atoms. The molecule has 1 aliphatic rings. The average Bonchev–Trinajstić information content (AvgIpc) is 2.89. The van der Waals surface area contributed by atoms with E-state index in [1.54, 1.807) is 12.4 Å². The molecule has 0 aromatic carbocycles. The first-order valence-corrected chi connectivity index (χ1v) is 5.92. The van der Waals surface area contributed by atoms with Crippen molar-refractivity contribution in [3.05, 3.63) is 30.2 Å². The lowest BCUT2D eigenvalue weighted by atomic mass is 10.0. The first-order chi connectivity index (χ1) is 8.84. The number of nitrogens with zero attached hydrogens (tertiary/aromatic N) is 2. The third-order valence-corrected chi connectivity index (χ3v) is 3.01. The van der Waals surface area contributed by atoms with Gasteiger partial charge in [-0.3, -0.25) is 5.10 Å². The zero-order chi connectivity index (χ0) is 12.4. The van der Waals surface area contributed by atoms with Crippen LogP contribution in [-0.4, -0.2) is 34.9 Å². The van der Waals surface area contributed by atoms with E-state index >= 15 is 0 Å². The highest BCUT2D eigenvalue weighted by Crippen LogP contribution is 2.29. The summed E-state index contributed by atoms with van der Waals surface area (Å²) in [5.74, 6) is 0.502. The summed E-state index contributed by atoms with van der Waals surface area (Å²) in [4.78, 5) is 4.00. The molecule has 1 fully saturated rings. The standard InChI is InChI=1S/C12H15N5O/c13-11-5-8(1-2-15-11)9-6-16-17-12(9)10-7-14-3-4-18-10/h1-2,5-6,10,14H,3-4,7H2,(H2,13,15)(H,16,17). The zero-order valence-electron chi connectivity index (χ0n) is 9.89. The fraction of sp³-hybridized carbons (Fsp3) is 0.333. The Hall–Kier alpha value is -1.92. The van der Waals surface area contributed by atoms with Crippen molar-refractivity contribution in [1.29, 1.82) is 0 Å². The third-order valence-electron chi connectivity index (χ3n) is 3.01. The number of hydrogen-bond donors (Lipinski definition) is 3. The van der Waals surface area contributed by atoms with Crippen LogP contribution < -0.4 is 11.1 Å². The van der Waals surface area contributed by atoms with Crippen molar-refractivity contribution in [3.8, 4) is 11.1 Å². The molecule has 94 valence electrons. The number of nitrogens with two attached hydrogens (primary N) is 1. The second-order valence-corrected chi connectivity index (χ2v) is 4.23. The lowest BCUT2D eigenvalue weighted by Crippen LogP contribution is -2.33. The smallest absolute Gasteiger partial charge is 0.123 e. The minimum Gasteiger partial charge on any atom is -0.384 e. The van der Waals surface area contributed by atoms with Gasteiger partial charge in [0.1, 0.15) is 11.9 Å². The average molecular weight is 245 g/mol. The Labute approximate surface area is 105 Å². The van der Waals surface area contributed by atoms with Gasteiger partial charge in [0.15, 0.2) is 0 Å². The van der Waals surface area contributed by atoms with Crippen LogP contribution in [0.15, 0.2) is 24.5 Å². The topological polar surface area (TPSA) is 88.8 Å². The van der Waals surface area contributed by atoms with Gasteiger partial charge in [0.05, 0.1) is 18.5 Å². The van der Waals surface area contributed by atoms with E-state index in [0.29, 0.717) is 12.4 Å². The lowest BCUT2D eigenvalue weighted by molar-refractivity contribution is 0.0253. The Bertz CT molecular complexity index is 533. The molecule has 0 saturated carbocycles. The summed E-state index contributed by atoms with van der Waals surface area (Å²) in [5, 5.41) is 10.4. The first-order valence-electron chi connectivity index (χ1n) is 5.92. The minimum absolute atomic E-state index is 0.00522. The number of nitrogen functional groups attached to an aromatic ring is 1. The summed E-state index contributed by atoms with van der Waals surface area (Å²) >= 11 is 0. The number of ether oxygens (including phenoxy) is 1. The maximum absolute atomic E-state index is 5.73. The van der Waals surface area contributed by atoms with Crippen LogP contribution in [0, 0.1) is 0 Å². The molecule has 2 aromatic rings. The number of rotatable bonds is 2. The number of pyridine rings is 1. The van der Waals surface area contributed by atoms with E-state index in [1.807, 2.05) is 12.1 Å². The molecule has 1 unspecified atom stereocenters. The Morgan fingerprint density at radius 1 is 1.44 bits per heavy atom. The molecule has 0 amide bonds. The van der Waals surface area contributed by atoms with Crippen LogP contribution in [0.1, 0.15) is 11.8 Å². The van der Waals surface area contributed by atoms with Crippen LogP contribution in [0.25, 0.3) is 11.1 Å². The van der Waals surface area contributed by atoms with Gasteiger partial charge < -0.3 is 15.8 Å². The lowest BCUT2D eigenvalue weighted by Gasteiger charge is -2.23. The van der Waals surface area contributed by atoms with Crippen molar-refractivity contribution in [2.75, 3.05) is 25.4 Å². The molecular formula is C12H15N5O. The Kier molecular flexibility index (Phi) is 2.95. The molecule has 1 saturated heterocycles. The van der Waals surface area contributed by atoms with E-state index in [2.05, 4.69) is 20.5 Å². The molecule has 6 heteroatoms.